The normalized spacial score (nSPS) is 11.9. The number of rotatable bonds is 8. The van der Waals surface area contributed by atoms with Crippen LogP contribution in [0.2, 0.25) is 5.02 Å². The number of nitrogens with one attached hydrogen (secondary N) is 3. The van der Waals surface area contributed by atoms with Crippen molar-refractivity contribution in [2.75, 3.05) is 5.32 Å². The van der Waals surface area contributed by atoms with Crippen LogP contribution in [-0.4, -0.2) is 27.9 Å². The van der Waals surface area contributed by atoms with Crippen LogP contribution in [-0.2, 0) is 17.9 Å². The highest BCUT2D eigenvalue weighted by Crippen LogP contribution is 2.22. The molecule has 0 radical (unpaired) electrons. The molecule has 2 aromatic carbocycles. The summed E-state index contributed by atoms with van der Waals surface area (Å²) < 4.78 is 0. The number of carbonyl (C=O) groups is 2. The van der Waals surface area contributed by atoms with E-state index >= 15 is 0 Å². The van der Waals surface area contributed by atoms with E-state index in [0.29, 0.717) is 28.7 Å². The Kier molecular flexibility index (Phi) is 7.25. The lowest BCUT2D eigenvalue weighted by molar-refractivity contribution is -0.119. The van der Waals surface area contributed by atoms with Crippen molar-refractivity contribution < 1.29 is 9.59 Å². The maximum atomic E-state index is 12.2. The molecule has 1 aromatic heterocycles. The lowest BCUT2D eigenvalue weighted by atomic mass is 10.0. The van der Waals surface area contributed by atoms with Crippen LogP contribution in [0, 0.1) is 5.92 Å². The molecule has 3 aromatic rings. The first kappa shape index (κ1) is 22.3. The van der Waals surface area contributed by atoms with Gasteiger partial charge in [-0.15, -0.1) is 0 Å². The topological polar surface area (TPSA) is 122 Å². The molecule has 1 heterocycles. The molecule has 3 rings (SSSR count). The highest BCUT2D eigenvalue weighted by molar-refractivity contribution is 6.31. The standard InChI is InChI=1S/C22H25ClN6O2/c1-13(2)19(20(24)30)29-21-15-8-4-6-10-17(15)27-18(28-21)12-26-22(31)25-11-14-7-3-5-9-16(14)23/h3-10,13,19H,11-12H2,1-2H3,(H2,24,30)(H2,25,26,31)(H,27,28,29)/t19-/m0/s1. The van der Waals surface area contributed by atoms with E-state index in [1.807, 2.05) is 56.3 Å². The lowest BCUT2D eigenvalue weighted by Crippen LogP contribution is -2.40. The summed E-state index contributed by atoms with van der Waals surface area (Å²) in [5.74, 6) is 0.414. The molecule has 5 N–H and O–H groups in total. The van der Waals surface area contributed by atoms with Crippen LogP contribution in [0.1, 0.15) is 25.2 Å². The maximum Gasteiger partial charge on any atom is 0.315 e. The van der Waals surface area contributed by atoms with Gasteiger partial charge in [0, 0.05) is 17.0 Å². The van der Waals surface area contributed by atoms with Crippen molar-refractivity contribution in [2.24, 2.45) is 11.7 Å². The number of anilines is 1. The number of aromatic nitrogens is 2. The van der Waals surface area contributed by atoms with E-state index in [4.69, 9.17) is 17.3 Å². The third-order valence-corrected chi connectivity index (χ3v) is 5.09. The number of urea groups is 1. The fourth-order valence-electron chi connectivity index (χ4n) is 3.07. The van der Waals surface area contributed by atoms with Gasteiger partial charge in [-0.05, 0) is 29.7 Å². The molecular formula is C22H25ClN6O2. The van der Waals surface area contributed by atoms with Crippen molar-refractivity contribution >= 4 is 40.3 Å². The Morgan fingerprint density at radius 3 is 2.39 bits per heavy atom. The van der Waals surface area contributed by atoms with Gasteiger partial charge in [0.25, 0.3) is 0 Å². The van der Waals surface area contributed by atoms with Crippen LogP contribution in [0.15, 0.2) is 48.5 Å². The summed E-state index contributed by atoms with van der Waals surface area (Å²) in [5.41, 5.74) is 7.05. The molecule has 1 atom stereocenters. The summed E-state index contributed by atoms with van der Waals surface area (Å²) in [7, 11) is 0. The van der Waals surface area contributed by atoms with Crippen molar-refractivity contribution in [1.82, 2.24) is 20.6 Å². The van der Waals surface area contributed by atoms with Crippen molar-refractivity contribution in [1.29, 1.82) is 0 Å². The molecule has 8 nitrogen and oxygen atoms in total. The zero-order valence-electron chi connectivity index (χ0n) is 17.4. The molecule has 0 saturated heterocycles. The number of nitrogens with two attached hydrogens (primary N) is 1. The molecule has 0 saturated carbocycles. The minimum Gasteiger partial charge on any atom is -0.368 e. The van der Waals surface area contributed by atoms with Gasteiger partial charge in [0.15, 0.2) is 5.82 Å². The van der Waals surface area contributed by atoms with Gasteiger partial charge in [-0.25, -0.2) is 14.8 Å². The number of carbonyl (C=O) groups excluding carboxylic acids is 2. The van der Waals surface area contributed by atoms with Gasteiger partial charge >= 0.3 is 6.03 Å². The monoisotopic (exact) mass is 440 g/mol. The van der Waals surface area contributed by atoms with Crippen LogP contribution in [0.5, 0.6) is 0 Å². The molecule has 0 unspecified atom stereocenters. The number of hydrogen-bond donors (Lipinski definition) is 4. The van der Waals surface area contributed by atoms with Crippen molar-refractivity contribution in [3.63, 3.8) is 0 Å². The Labute approximate surface area is 185 Å². The summed E-state index contributed by atoms with van der Waals surface area (Å²) in [5, 5.41) is 9.99. The number of para-hydroxylation sites is 1. The number of benzene rings is 2. The second-order valence-corrected chi connectivity index (χ2v) is 7.81. The average Bonchev–Trinajstić information content (AvgIpc) is 2.74. The second-order valence-electron chi connectivity index (χ2n) is 7.40. The zero-order valence-corrected chi connectivity index (χ0v) is 18.1. The second kappa shape index (κ2) is 10.1. The molecule has 0 aliphatic rings. The number of fused-ring (bicyclic) bond motifs is 1. The summed E-state index contributed by atoms with van der Waals surface area (Å²) in [4.78, 5) is 33.1. The molecule has 0 spiro atoms. The molecule has 0 bridgehead atoms. The number of halogens is 1. The van der Waals surface area contributed by atoms with Crippen LogP contribution in [0.3, 0.4) is 0 Å². The SMILES string of the molecule is CC(C)[C@H](Nc1nc(CNC(=O)NCc2ccccc2Cl)nc2ccccc12)C(N)=O. The Hall–Kier alpha value is -3.39. The number of primary amides is 1. The van der Waals surface area contributed by atoms with Gasteiger partial charge in [0.2, 0.25) is 5.91 Å². The van der Waals surface area contributed by atoms with Gasteiger partial charge in [-0.2, -0.15) is 0 Å². The lowest BCUT2D eigenvalue weighted by Gasteiger charge is -2.21. The molecular weight excluding hydrogens is 416 g/mol. The summed E-state index contributed by atoms with van der Waals surface area (Å²) in [6, 6.07) is 13.8. The predicted molar refractivity (Wildman–Crippen MR) is 122 cm³/mol. The minimum atomic E-state index is -0.585. The first-order valence-electron chi connectivity index (χ1n) is 9.91. The largest absolute Gasteiger partial charge is 0.368 e. The third-order valence-electron chi connectivity index (χ3n) is 4.72. The van der Waals surface area contributed by atoms with Gasteiger partial charge in [-0.1, -0.05) is 55.8 Å². The summed E-state index contributed by atoms with van der Waals surface area (Å²) in [6.45, 7) is 4.21. The third kappa shape index (κ3) is 5.82. The quantitative estimate of drug-likeness (QED) is 0.428. The van der Waals surface area contributed by atoms with Gasteiger partial charge < -0.3 is 21.7 Å². The number of hydrogen-bond acceptors (Lipinski definition) is 5. The Balaban J connectivity index is 1.72. The molecule has 9 heteroatoms. The fraction of sp³-hybridized carbons (Fsp3) is 0.273. The Bertz CT molecular complexity index is 1090. The highest BCUT2D eigenvalue weighted by atomic mass is 35.5. The molecule has 0 aliphatic heterocycles. The van der Waals surface area contributed by atoms with Crippen LogP contribution in [0.4, 0.5) is 10.6 Å². The van der Waals surface area contributed by atoms with Crippen LogP contribution in [0.25, 0.3) is 10.9 Å². The molecule has 31 heavy (non-hydrogen) atoms. The van der Waals surface area contributed by atoms with E-state index in [1.165, 1.54) is 0 Å². The van der Waals surface area contributed by atoms with Crippen molar-refractivity contribution in [2.45, 2.75) is 33.0 Å². The Morgan fingerprint density at radius 2 is 1.68 bits per heavy atom. The van der Waals surface area contributed by atoms with E-state index in [-0.39, 0.29) is 18.5 Å². The zero-order chi connectivity index (χ0) is 22.4. The van der Waals surface area contributed by atoms with E-state index in [1.54, 1.807) is 6.07 Å². The highest BCUT2D eigenvalue weighted by Gasteiger charge is 2.21. The van der Waals surface area contributed by atoms with Crippen molar-refractivity contribution in [3.8, 4) is 0 Å². The molecule has 0 aliphatic carbocycles. The smallest absolute Gasteiger partial charge is 0.315 e. The summed E-state index contributed by atoms with van der Waals surface area (Å²) in [6.07, 6.45) is 0. The average molecular weight is 441 g/mol. The van der Waals surface area contributed by atoms with Gasteiger partial charge in [0.05, 0.1) is 12.1 Å². The van der Waals surface area contributed by atoms with E-state index < -0.39 is 11.9 Å². The Morgan fingerprint density at radius 1 is 1.00 bits per heavy atom. The van der Waals surface area contributed by atoms with E-state index in [9.17, 15) is 9.59 Å². The van der Waals surface area contributed by atoms with Gasteiger partial charge in [0.1, 0.15) is 11.9 Å². The molecule has 0 fully saturated rings. The fourth-order valence-corrected chi connectivity index (χ4v) is 3.27. The van der Waals surface area contributed by atoms with Crippen LogP contribution >= 0.6 is 11.6 Å². The minimum absolute atomic E-state index is 0.0246. The van der Waals surface area contributed by atoms with Gasteiger partial charge in [-0.3, -0.25) is 4.79 Å². The number of amides is 3. The van der Waals surface area contributed by atoms with E-state index in [0.717, 1.165) is 10.9 Å². The first-order valence-corrected chi connectivity index (χ1v) is 10.3. The molecule has 162 valence electrons. The number of nitrogens with zero attached hydrogens (tertiary/aromatic N) is 2. The first-order chi connectivity index (χ1) is 14.8. The van der Waals surface area contributed by atoms with E-state index in [2.05, 4.69) is 25.9 Å². The van der Waals surface area contributed by atoms with Crippen LogP contribution < -0.4 is 21.7 Å². The molecule has 3 amide bonds. The maximum absolute atomic E-state index is 12.2. The summed E-state index contributed by atoms with van der Waals surface area (Å²) >= 11 is 6.11. The predicted octanol–water partition coefficient (Wildman–Crippen LogP) is 3.20. The van der Waals surface area contributed by atoms with Crippen molar-refractivity contribution in [3.05, 3.63) is 64.9 Å².